The monoisotopic (exact) mass is 442 g/mol. The molecule has 2 aromatic carbocycles. The third kappa shape index (κ3) is 4.39. The molecule has 3 aromatic rings. The summed E-state index contributed by atoms with van der Waals surface area (Å²) in [7, 11) is 1.65. The van der Waals surface area contributed by atoms with Crippen molar-refractivity contribution in [2.24, 2.45) is 12.2 Å². The van der Waals surface area contributed by atoms with Gasteiger partial charge in [-0.15, -0.1) is 0 Å². The van der Waals surface area contributed by atoms with Gasteiger partial charge in [0.05, 0.1) is 5.71 Å². The average Bonchev–Trinajstić information content (AvgIpc) is 2.67. The van der Waals surface area contributed by atoms with Crippen LogP contribution in [0.4, 0.5) is 4.39 Å². The Morgan fingerprint density at radius 1 is 1.18 bits per heavy atom. The van der Waals surface area contributed by atoms with Crippen molar-refractivity contribution < 1.29 is 9.60 Å². The Kier molecular flexibility index (Phi) is 6.09. The minimum Gasteiger partial charge on any atom is -0.411 e. The van der Waals surface area contributed by atoms with E-state index in [4.69, 9.17) is 0 Å². The minimum atomic E-state index is -0.287. The third-order valence-electron chi connectivity index (χ3n) is 4.82. The molecule has 1 heterocycles. The van der Waals surface area contributed by atoms with Gasteiger partial charge in [-0.05, 0) is 53.9 Å². The molecule has 0 radical (unpaired) electrons. The standard InChI is InChI=1S/C22H20BrFN2O2/c1-14-11-18(24)8-9-19(14)20(15-3-6-17(23)7-4-15)12-21(25-28)16-5-10-22(27)26(2)13-16/h3-11,13,20,28H,12H2,1-2H3/t20-/m0/s1. The smallest absolute Gasteiger partial charge is 0.250 e. The molecule has 0 unspecified atom stereocenters. The molecule has 0 saturated carbocycles. The molecule has 0 aliphatic carbocycles. The summed E-state index contributed by atoms with van der Waals surface area (Å²) in [6.45, 7) is 1.87. The first-order valence-electron chi connectivity index (χ1n) is 8.78. The van der Waals surface area contributed by atoms with Gasteiger partial charge >= 0.3 is 0 Å². The number of oxime groups is 1. The normalized spacial score (nSPS) is 12.8. The molecule has 6 heteroatoms. The van der Waals surface area contributed by atoms with Crippen LogP contribution in [0.5, 0.6) is 0 Å². The Hall–Kier alpha value is -2.73. The highest BCUT2D eigenvalue weighted by Gasteiger charge is 2.21. The fraction of sp³-hybridized carbons (Fsp3) is 0.182. The first kappa shape index (κ1) is 20.0. The van der Waals surface area contributed by atoms with Crippen molar-refractivity contribution >= 4 is 21.6 Å². The van der Waals surface area contributed by atoms with Crippen molar-refractivity contribution in [2.45, 2.75) is 19.3 Å². The summed E-state index contributed by atoms with van der Waals surface area (Å²) in [6, 6.07) is 15.7. The van der Waals surface area contributed by atoms with E-state index >= 15 is 0 Å². The van der Waals surface area contributed by atoms with E-state index in [-0.39, 0.29) is 17.3 Å². The molecule has 3 rings (SSSR count). The van der Waals surface area contributed by atoms with Crippen LogP contribution in [0.2, 0.25) is 0 Å². The van der Waals surface area contributed by atoms with E-state index in [2.05, 4.69) is 21.1 Å². The van der Waals surface area contributed by atoms with Gasteiger partial charge in [-0.25, -0.2) is 4.39 Å². The highest BCUT2D eigenvalue weighted by Crippen LogP contribution is 2.33. The van der Waals surface area contributed by atoms with Crippen LogP contribution in [0.1, 0.15) is 34.6 Å². The van der Waals surface area contributed by atoms with Gasteiger partial charge in [0.1, 0.15) is 5.82 Å². The van der Waals surface area contributed by atoms with Gasteiger partial charge in [-0.2, -0.15) is 0 Å². The van der Waals surface area contributed by atoms with E-state index < -0.39 is 0 Å². The van der Waals surface area contributed by atoms with Crippen molar-refractivity contribution in [3.8, 4) is 0 Å². The van der Waals surface area contributed by atoms with Crippen LogP contribution in [0.25, 0.3) is 0 Å². The van der Waals surface area contributed by atoms with E-state index in [1.54, 1.807) is 25.4 Å². The number of halogens is 2. The van der Waals surface area contributed by atoms with Gasteiger partial charge in [0, 0.05) is 41.7 Å². The zero-order valence-corrected chi connectivity index (χ0v) is 17.1. The number of rotatable bonds is 5. The van der Waals surface area contributed by atoms with E-state index in [1.807, 2.05) is 31.2 Å². The van der Waals surface area contributed by atoms with Gasteiger partial charge in [0.15, 0.2) is 0 Å². The first-order valence-corrected chi connectivity index (χ1v) is 9.58. The van der Waals surface area contributed by atoms with Gasteiger partial charge in [0.25, 0.3) is 0 Å². The SMILES string of the molecule is Cc1cc(F)ccc1[C@@H](CC(=NO)c1ccc(=O)n(C)c1)c1ccc(Br)cc1. The number of pyridine rings is 1. The second-order valence-corrected chi connectivity index (χ2v) is 7.64. The predicted octanol–water partition coefficient (Wildman–Crippen LogP) is 5.00. The second kappa shape index (κ2) is 8.52. The van der Waals surface area contributed by atoms with Crippen LogP contribution in [0.15, 0.2) is 75.2 Å². The van der Waals surface area contributed by atoms with Crippen LogP contribution in [-0.4, -0.2) is 15.5 Å². The molecule has 144 valence electrons. The molecule has 1 N–H and O–H groups in total. The lowest BCUT2D eigenvalue weighted by molar-refractivity contribution is 0.317. The molecular formula is C22H20BrFN2O2. The Bertz CT molecular complexity index is 1070. The fourth-order valence-electron chi connectivity index (χ4n) is 3.31. The molecule has 0 spiro atoms. The summed E-state index contributed by atoms with van der Waals surface area (Å²) in [4.78, 5) is 11.7. The minimum absolute atomic E-state index is 0.139. The maximum absolute atomic E-state index is 13.6. The molecule has 4 nitrogen and oxygen atoms in total. The molecule has 0 fully saturated rings. The van der Waals surface area contributed by atoms with Gasteiger partial charge in [0.2, 0.25) is 5.56 Å². The summed E-state index contributed by atoms with van der Waals surface area (Å²) in [6.07, 6.45) is 2.04. The number of hydrogen-bond acceptors (Lipinski definition) is 3. The number of hydrogen-bond donors (Lipinski definition) is 1. The van der Waals surface area contributed by atoms with Gasteiger partial charge in [-0.1, -0.05) is 39.3 Å². The van der Waals surface area contributed by atoms with Gasteiger partial charge < -0.3 is 9.77 Å². The van der Waals surface area contributed by atoms with Crippen LogP contribution in [-0.2, 0) is 7.05 Å². The van der Waals surface area contributed by atoms with Gasteiger partial charge in [-0.3, -0.25) is 4.79 Å². The molecule has 0 amide bonds. The van der Waals surface area contributed by atoms with E-state index in [0.717, 1.165) is 21.2 Å². The summed E-state index contributed by atoms with van der Waals surface area (Å²) in [5, 5.41) is 13.2. The maximum Gasteiger partial charge on any atom is 0.250 e. The first-order chi connectivity index (χ1) is 13.4. The van der Waals surface area contributed by atoms with E-state index in [0.29, 0.717) is 17.7 Å². The van der Waals surface area contributed by atoms with Crippen molar-refractivity contribution in [3.63, 3.8) is 0 Å². The van der Waals surface area contributed by atoms with E-state index in [9.17, 15) is 14.4 Å². The molecular weight excluding hydrogens is 423 g/mol. The summed E-state index contributed by atoms with van der Waals surface area (Å²) in [5.41, 5.74) is 3.77. The molecule has 0 saturated heterocycles. The zero-order chi connectivity index (χ0) is 20.3. The second-order valence-electron chi connectivity index (χ2n) is 6.72. The molecule has 1 aromatic heterocycles. The molecule has 0 aliphatic rings. The predicted molar refractivity (Wildman–Crippen MR) is 112 cm³/mol. The number of aryl methyl sites for hydroxylation is 2. The summed E-state index contributed by atoms with van der Waals surface area (Å²) >= 11 is 3.45. The maximum atomic E-state index is 13.6. The number of benzene rings is 2. The average molecular weight is 443 g/mol. The van der Waals surface area contributed by atoms with Crippen molar-refractivity contribution in [1.82, 2.24) is 4.57 Å². The largest absolute Gasteiger partial charge is 0.411 e. The topological polar surface area (TPSA) is 54.6 Å². The molecule has 28 heavy (non-hydrogen) atoms. The lowest BCUT2D eigenvalue weighted by Crippen LogP contribution is -2.18. The van der Waals surface area contributed by atoms with Crippen LogP contribution < -0.4 is 5.56 Å². The molecule has 1 atom stereocenters. The summed E-state index contributed by atoms with van der Waals surface area (Å²) in [5.74, 6) is -0.429. The van der Waals surface area contributed by atoms with Crippen molar-refractivity contribution in [2.75, 3.05) is 0 Å². The lowest BCUT2D eigenvalue weighted by Gasteiger charge is -2.21. The summed E-state index contributed by atoms with van der Waals surface area (Å²) < 4.78 is 16.0. The number of nitrogens with zero attached hydrogens (tertiary/aromatic N) is 2. The number of aromatic nitrogens is 1. The highest BCUT2D eigenvalue weighted by atomic mass is 79.9. The highest BCUT2D eigenvalue weighted by molar-refractivity contribution is 9.10. The van der Waals surface area contributed by atoms with Crippen LogP contribution >= 0.6 is 15.9 Å². The Morgan fingerprint density at radius 2 is 1.89 bits per heavy atom. The Labute approximate surface area is 171 Å². The fourth-order valence-corrected chi connectivity index (χ4v) is 3.57. The molecule has 0 bridgehead atoms. The van der Waals surface area contributed by atoms with Crippen molar-refractivity contribution in [3.05, 3.63) is 104 Å². The zero-order valence-electron chi connectivity index (χ0n) is 15.6. The van der Waals surface area contributed by atoms with Crippen LogP contribution in [0.3, 0.4) is 0 Å². The lowest BCUT2D eigenvalue weighted by atomic mass is 9.83. The van der Waals surface area contributed by atoms with Crippen LogP contribution in [0, 0.1) is 12.7 Å². The van der Waals surface area contributed by atoms with Crippen molar-refractivity contribution in [1.29, 1.82) is 0 Å². The Morgan fingerprint density at radius 3 is 2.50 bits per heavy atom. The van der Waals surface area contributed by atoms with E-state index in [1.165, 1.54) is 22.8 Å². The third-order valence-corrected chi connectivity index (χ3v) is 5.35. The Balaban J connectivity index is 2.06. The quantitative estimate of drug-likeness (QED) is 0.343. The molecule has 0 aliphatic heterocycles.